The van der Waals surface area contributed by atoms with Crippen LogP contribution >= 0.6 is 11.6 Å². The minimum absolute atomic E-state index is 0.205. The van der Waals surface area contributed by atoms with Gasteiger partial charge in [0.25, 0.3) is 11.7 Å². The van der Waals surface area contributed by atoms with Crippen LogP contribution in [0.1, 0.15) is 17.2 Å². The minimum atomic E-state index is -1.15. The quantitative estimate of drug-likeness (QED) is 0.303. The Morgan fingerprint density at radius 1 is 1.00 bits per heavy atom. The summed E-state index contributed by atoms with van der Waals surface area (Å²) in [6, 6.07) is 16.2. The number of anilines is 1. The fourth-order valence-electron chi connectivity index (χ4n) is 3.70. The molecule has 9 heteroatoms. The molecular weight excluding hydrogens is 465 g/mol. The van der Waals surface area contributed by atoms with E-state index in [4.69, 9.17) is 21.4 Å². The Hall–Kier alpha value is -4.17. The van der Waals surface area contributed by atoms with Crippen LogP contribution in [-0.4, -0.2) is 34.5 Å². The molecule has 1 aliphatic heterocycles. The highest BCUT2D eigenvalue weighted by atomic mass is 35.5. The van der Waals surface area contributed by atoms with E-state index in [-0.39, 0.29) is 28.1 Å². The van der Waals surface area contributed by atoms with Crippen LogP contribution in [0.3, 0.4) is 0 Å². The molecule has 2 N–H and O–H groups in total. The molecule has 0 spiro atoms. The van der Waals surface area contributed by atoms with Crippen LogP contribution in [0, 0.1) is 5.82 Å². The number of aliphatic carboxylic acids is 1. The maximum Gasteiger partial charge on any atom is 0.341 e. The lowest BCUT2D eigenvalue weighted by Crippen LogP contribution is -2.29. The third-order valence-corrected chi connectivity index (χ3v) is 5.46. The molecule has 7 nitrogen and oxygen atoms in total. The number of ether oxygens (including phenoxy) is 1. The second kappa shape index (κ2) is 9.36. The number of Topliss-reactive ketones (excluding diaryl/α,β-unsaturated/α-hetero) is 1. The van der Waals surface area contributed by atoms with E-state index in [0.717, 1.165) is 4.90 Å². The SMILES string of the molecule is O=C(O)COc1ccc(N2C(=O)C(=O)C(=C(O)c3ccc(Cl)cc3)[C@H]2c2cccc(F)c2)cc1. The zero-order valence-corrected chi connectivity index (χ0v) is 18.2. The molecule has 0 saturated carbocycles. The van der Waals surface area contributed by atoms with Gasteiger partial charge in [0.15, 0.2) is 6.61 Å². The molecule has 0 aliphatic carbocycles. The predicted octanol–water partition coefficient (Wildman–Crippen LogP) is 4.57. The molecule has 4 rings (SSSR count). The lowest BCUT2D eigenvalue weighted by molar-refractivity contribution is -0.139. The van der Waals surface area contributed by atoms with Gasteiger partial charge < -0.3 is 14.9 Å². The van der Waals surface area contributed by atoms with Gasteiger partial charge in [-0.2, -0.15) is 0 Å². The molecule has 1 atom stereocenters. The highest BCUT2D eigenvalue weighted by Gasteiger charge is 2.47. The van der Waals surface area contributed by atoms with Gasteiger partial charge in [0.2, 0.25) is 0 Å². The van der Waals surface area contributed by atoms with Crippen LogP contribution in [0.4, 0.5) is 10.1 Å². The molecule has 1 heterocycles. The van der Waals surface area contributed by atoms with Gasteiger partial charge in [-0.3, -0.25) is 14.5 Å². The van der Waals surface area contributed by atoms with Crippen LogP contribution in [-0.2, 0) is 14.4 Å². The van der Waals surface area contributed by atoms with Crippen molar-refractivity contribution in [3.8, 4) is 5.75 Å². The molecule has 172 valence electrons. The van der Waals surface area contributed by atoms with Gasteiger partial charge in [0.05, 0.1) is 11.6 Å². The highest BCUT2D eigenvalue weighted by molar-refractivity contribution is 6.51. The number of carbonyl (C=O) groups excluding carboxylic acids is 2. The van der Waals surface area contributed by atoms with Crippen molar-refractivity contribution in [2.24, 2.45) is 0 Å². The summed E-state index contributed by atoms with van der Waals surface area (Å²) in [6.45, 7) is -0.547. The normalized spacial score (nSPS) is 17.1. The van der Waals surface area contributed by atoms with Crippen molar-refractivity contribution in [2.75, 3.05) is 11.5 Å². The van der Waals surface area contributed by atoms with E-state index < -0.39 is 41.9 Å². The first-order chi connectivity index (χ1) is 16.3. The monoisotopic (exact) mass is 481 g/mol. The van der Waals surface area contributed by atoms with Crippen LogP contribution < -0.4 is 9.64 Å². The van der Waals surface area contributed by atoms with Crippen molar-refractivity contribution in [3.05, 3.63) is 100 Å². The number of benzene rings is 3. The largest absolute Gasteiger partial charge is 0.507 e. The number of rotatable bonds is 6. The number of halogens is 2. The number of nitrogens with zero attached hydrogens (tertiary/aromatic N) is 1. The zero-order chi connectivity index (χ0) is 24.4. The molecule has 0 aromatic heterocycles. The molecule has 34 heavy (non-hydrogen) atoms. The van der Waals surface area contributed by atoms with Crippen molar-refractivity contribution in [1.82, 2.24) is 0 Å². The summed E-state index contributed by atoms with van der Waals surface area (Å²) in [6.07, 6.45) is 0. The summed E-state index contributed by atoms with van der Waals surface area (Å²) >= 11 is 5.91. The number of aliphatic hydroxyl groups excluding tert-OH is 1. The number of hydrogen-bond acceptors (Lipinski definition) is 5. The molecule has 0 radical (unpaired) electrons. The molecule has 0 unspecified atom stereocenters. The summed E-state index contributed by atoms with van der Waals surface area (Å²) < 4.78 is 19.2. The lowest BCUT2D eigenvalue weighted by Gasteiger charge is -2.25. The molecule has 1 amide bonds. The fourth-order valence-corrected chi connectivity index (χ4v) is 3.83. The van der Waals surface area contributed by atoms with Gasteiger partial charge in [0, 0.05) is 16.3 Å². The Morgan fingerprint density at radius 2 is 1.68 bits per heavy atom. The van der Waals surface area contributed by atoms with E-state index in [1.165, 1.54) is 66.7 Å². The Balaban J connectivity index is 1.83. The number of hydrogen-bond donors (Lipinski definition) is 2. The molecule has 1 fully saturated rings. The topological polar surface area (TPSA) is 104 Å². The first-order valence-corrected chi connectivity index (χ1v) is 10.4. The average molecular weight is 482 g/mol. The van der Waals surface area contributed by atoms with Crippen molar-refractivity contribution in [1.29, 1.82) is 0 Å². The smallest absolute Gasteiger partial charge is 0.341 e. The van der Waals surface area contributed by atoms with Crippen LogP contribution in [0.15, 0.2) is 78.4 Å². The van der Waals surface area contributed by atoms with Crippen molar-refractivity contribution < 1.29 is 33.7 Å². The van der Waals surface area contributed by atoms with Crippen molar-refractivity contribution >= 4 is 40.7 Å². The summed E-state index contributed by atoms with van der Waals surface area (Å²) in [5.41, 5.74) is 0.612. The fraction of sp³-hybridized carbons (Fsp3) is 0.0800. The maximum absolute atomic E-state index is 14.1. The summed E-state index contributed by atoms with van der Waals surface area (Å²) in [5, 5.41) is 20.2. The Morgan fingerprint density at radius 3 is 2.29 bits per heavy atom. The highest BCUT2D eigenvalue weighted by Crippen LogP contribution is 2.42. The van der Waals surface area contributed by atoms with Gasteiger partial charge in [-0.25, -0.2) is 9.18 Å². The van der Waals surface area contributed by atoms with E-state index in [2.05, 4.69) is 0 Å². The van der Waals surface area contributed by atoms with Gasteiger partial charge in [0.1, 0.15) is 17.3 Å². The van der Waals surface area contributed by atoms with Crippen LogP contribution in [0.25, 0.3) is 5.76 Å². The summed E-state index contributed by atoms with van der Waals surface area (Å²) in [4.78, 5) is 38.0. The van der Waals surface area contributed by atoms with Crippen molar-refractivity contribution in [2.45, 2.75) is 6.04 Å². The molecule has 0 bridgehead atoms. The number of amides is 1. The van der Waals surface area contributed by atoms with Gasteiger partial charge in [-0.15, -0.1) is 0 Å². The number of ketones is 1. The van der Waals surface area contributed by atoms with E-state index in [1.807, 2.05) is 0 Å². The van der Waals surface area contributed by atoms with Crippen LogP contribution in [0.5, 0.6) is 5.75 Å². The molecular formula is C25H17ClFNO6. The van der Waals surface area contributed by atoms with Gasteiger partial charge in [-0.1, -0.05) is 23.7 Å². The van der Waals surface area contributed by atoms with E-state index >= 15 is 0 Å². The zero-order valence-electron chi connectivity index (χ0n) is 17.4. The van der Waals surface area contributed by atoms with Gasteiger partial charge in [-0.05, 0) is 66.2 Å². The first kappa shape index (κ1) is 23.0. The number of aliphatic hydroxyl groups is 1. The predicted molar refractivity (Wildman–Crippen MR) is 122 cm³/mol. The second-order valence-electron chi connectivity index (χ2n) is 7.41. The average Bonchev–Trinajstić information content (AvgIpc) is 3.08. The number of carboxylic acid groups (broad SMARTS) is 1. The maximum atomic E-state index is 14.1. The molecule has 3 aromatic carbocycles. The number of carbonyl (C=O) groups is 3. The summed E-state index contributed by atoms with van der Waals surface area (Å²) in [7, 11) is 0. The van der Waals surface area contributed by atoms with E-state index in [1.54, 1.807) is 6.07 Å². The summed E-state index contributed by atoms with van der Waals surface area (Å²) in [5.74, 6) is -3.76. The molecule has 3 aromatic rings. The third kappa shape index (κ3) is 4.49. The molecule has 1 aliphatic rings. The van der Waals surface area contributed by atoms with Gasteiger partial charge >= 0.3 is 5.97 Å². The van der Waals surface area contributed by atoms with E-state index in [9.17, 15) is 23.9 Å². The number of carboxylic acids is 1. The first-order valence-electron chi connectivity index (χ1n) is 10.0. The Kier molecular flexibility index (Phi) is 6.34. The second-order valence-corrected chi connectivity index (χ2v) is 7.84. The lowest BCUT2D eigenvalue weighted by atomic mass is 9.95. The van der Waals surface area contributed by atoms with Crippen molar-refractivity contribution in [3.63, 3.8) is 0 Å². The molecule has 1 saturated heterocycles. The van der Waals surface area contributed by atoms with Crippen LogP contribution in [0.2, 0.25) is 5.02 Å². The standard InChI is InChI=1S/C25H17ClFNO6/c26-16-6-4-14(5-7-16)23(31)21-22(15-2-1-3-17(27)12-15)28(25(33)24(21)32)18-8-10-19(11-9-18)34-13-20(29)30/h1-12,22,31H,13H2,(H,29,30)/t22-/m1/s1. The van der Waals surface area contributed by atoms with E-state index in [0.29, 0.717) is 5.02 Å². The Labute approximate surface area is 198 Å². The Bertz CT molecular complexity index is 1300. The third-order valence-electron chi connectivity index (χ3n) is 5.20. The minimum Gasteiger partial charge on any atom is -0.507 e.